The third kappa shape index (κ3) is 2.44. The van der Waals surface area contributed by atoms with Crippen LogP contribution in [0.15, 0.2) is 18.2 Å². The van der Waals surface area contributed by atoms with E-state index in [0.29, 0.717) is 5.92 Å². The molecule has 2 nitrogen and oxygen atoms in total. The first kappa shape index (κ1) is 10.8. The van der Waals surface area contributed by atoms with Gasteiger partial charge in [0.25, 0.3) is 0 Å². The summed E-state index contributed by atoms with van der Waals surface area (Å²) < 4.78 is 5.37. The van der Waals surface area contributed by atoms with E-state index in [4.69, 9.17) is 16.3 Å². The molecule has 0 amide bonds. The van der Waals surface area contributed by atoms with Crippen LogP contribution in [-0.4, -0.2) is 20.2 Å². The molecule has 0 radical (unpaired) electrons. The molecule has 0 aromatic heterocycles. The van der Waals surface area contributed by atoms with Gasteiger partial charge in [-0.15, -0.1) is 0 Å². The Morgan fingerprint density at radius 2 is 2.33 bits per heavy atom. The lowest BCUT2D eigenvalue weighted by molar-refractivity contribution is 0.392. The fraction of sp³-hybridized carbons (Fsp3) is 0.500. The van der Waals surface area contributed by atoms with E-state index in [1.807, 2.05) is 12.1 Å². The first-order valence-electron chi connectivity index (χ1n) is 5.35. The number of nitrogens with one attached hydrogen (secondary N) is 1. The standard InChI is InChI=1S/C12H16ClNO/c1-15-12-7-10(13)4-5-11(12)9-3-2-6-14-8-9/h4-5,7,9,14H,2-3,6,8H2,1H3. The van der Waals surface area contributed by atoms with Crippen molar-refractivity contribution in [2.75, 3.05) is 20.2 Å². The molecule has 15 heavy (non-hydrogen) atoms. The predicted octanol–water partition coefficient (Wildman–Crippen LogP) is 2.82. The van der Waals surface area contributed by atoms with Crippen molar-refractivity contribution in [3.05, 3.63) is 28.8 Å². The molecule has 1 saturated heterocycles. The average molecular weight is 226 g/mol. The van der Waals surface area contributed by atoms with Gasteiger partial charge in [-0.25, -0.2) is 0 Å². The summed E-state index contributed by atoms with van der Waals surface area (Å²) in [5.74, 6) is 1.47. The maximum atomic E-state index is 5.94. The molecular weight excluding hydrogens is 210 g/mol. The minimum absolute atomic E-state index is 0.561. The number of ether oxygens (including phenoxy) is 1. The van der Waals surface area contributed by atoms with Crippen LogP contribution in [0.2, 0.25) is 5.02 Å². The summed E-state index contributed by atoms with van der Waals surface area (Å²) in [6, 6.07) is 5.92. The van der Waals surface area contributed by atoms with Crippen LogP contribution in [0.5, 0.6) is 5.75 Å². The maximum Gasteiger partial charge on any atom is 0.123 e. The second-order valence-corrected chi connectivity index (χ2v) is 4.37. The molecule has 0 aliphatic carbocycles. The van der Waals surface area contributed by atoms with E-state index in [-0.39, 0.29) is 0 Å². The summed E-state index contributed by atoms with van der Waals surface area (Å²) in [5.41, 5.74) is 1.27. The topological polar surface area (TPSA) is 21.3 Å². The van der Waals surface area contributed by atoms with Crippen LogP contribution >= 0.6 is 11.6 Å². The molecule has 0 bridgehead atoms. The van der Waals surface area contributed by atoms with Crippen molar-refractivity contribution in [1.29, 1.82) is 0 Å². The fourth-order valence-corrected chi connectivity index (χ4v) is 2.30. The molecule has 2 rings (SSSR count). The van der Waals surface area contributed by atoms with Crippen LogP contribution in [0.4, 0.5) is 0 Å². The highest BCUT2D eigenvalue weighted by Gasteiger charge is 2.18. The van der Waals surface area contributed by atoms with E-state index in [2.05, 4.69) is 11.4 Å². The Balaban J connectivity index is 2.25. The Labute approximate surface area is 95.6 Å². The lowest BCUT2D eigenvalue weighted by Gasteiger charge is -2.24. The van der Waals surface area contributed by atoms with Crippen molar-refractivity contribution in [1.82, 2.24) is 5.32 Å². The van der Waals surface area contributed by atoms with Crippen LogP contribution in [0.25, 0.3) is 0 Å². The van der Waals surface area contributed by atoms with E-state index in [9.17, 15) is 0 Å². The van der Waals surface area contributed by atoms with E-state index < -0.39 is 0 Å². The minimum atomic E-state index is 0.561. The van der Waals surface area contributed by atoms with Gasteiger partial charge in [0.05, 0.1) is 7.11 Å². The molecule has 1 N–H and O–H groups in total. The van der Waals surface area contributed by atoms with Crippen molar-refractivity contribution in [2.24, 2.45) is 0 Å². The zero-order valence-electron chi connectivity index (χ0n) is 8.92. The van der Waals surface area contributed by atoms with Crippen molar-refractivity contribution in [3.63, 3.8) is 0 Å². The molecule has 1 aromatic rings. The van der Waals surface area contributed by atoms with Crippen LogP contribution in [-0.2, 0) is 0 Å². The molecule has 1 heterocycles. The zero-order chi connectivity index (χ0) is 10.7. The van der Waals surface area contributed by atoms with Gasteiger partial charge in [0.1, 0.15) is 5.75 Å². The highest BCUT2D eigenvalue weighted by Crippen LogP contribution is 2.32. The van der Waals surface area contributed by atoms with Crippen LogP contribution in [0.3, 0.4) is 0 Å². The van der Waals surface area contributed by atoms with Crippen molar-refractivity contribution < 1.29 is 4.74 Å². The van der Waals surface area contributed by atoms with Crippen LogP contribution in [0, 0.1) is 0 Å². The number of benzene rings is 1. The smallest absolute Gasteiger partial charge is 0.123 e. The Morgan fingerprint density at radius 3 is 3.00 bits per heavy atom. The molecule has 1 aliphatic heterocycles. The number of halogens is 1. The fourth-order valence-electron chi connectivity index (χ4n) is 2.14. The van der Waals surface area contributed by atoms with Gasteiger partial charge in [-0.2, -0.15) is 0 Å². The second kappa shape index (κ2) is 4.86. The number of hydrogen-bond donors (Lipinski definition) is 1. The molecular formula is C12H16ClNO. The van der Waals surface area contributed by atoms with E-state index in [1.54, 1.807) is 7.11 Å². The van der Waals surface area contributed by atoms with E-state index in [1.165, 1.54) is 18.4 Å². The Kier molecular flexibility index (Phi) is 3.49. The van der Waals surface area contributed by atoms with Gasteiger partial charge in [0.15, 0.2) is 0 Å². The Hall–Kier alpha value is -0.730. The Bertz CT molecular complexity index is 334. The van der Waals surface area contributed by atoms with Crippen LogP contribution in [0.1, 0.15) is 24.3 Å². The quantitative estimate of drug-likeness (QED) is 0.836. The highest BCUT2D eigenvalue weighted by molar-refractivity contribution is 6.30. The molecule has 82 valence electrons. The van der Waals surface area contributed by atoms with E-state index in [0.717, 1.165) is 23.9 Å². The molecule has 0 saturated carbocycles. The minimum Gasteiger partial charge on any atom is -0.496 e. The maximum absolute atomic E-state index is 5.94. The van der Waals surface area contributed by atoms with Gasteiger partial charge in [0, 0.05) is 17.5 Å². The van der Waals surface area contributed by atoms with Gasteiger partial charge in [-0.1, -0.05) is 17.7 Å². The highest BCUT2D eigenvalue weighted by atomic mass is 35.5. The monoisotopic (exact) mass is 225 g/mol. The third-order valence-electron chi connectivity index (χ3n) is 2.93. The number of hydrogen-bond acceptors (Lipinski definition) is 2. The summed E-state index contributed by atoms with van der Waals surface area (Å²) >= 11 is 5.94. The summed E-state index contributed by atoms with van der Waals surface area (Å²) in [6.45, 7) is 2.17. The molecule has 1 fully saturated rings. The van der Waals surface area contributed by atoms with Crippen molar-refractivity contribution in [3.8, 4) is 5.75 Å². The summed E-state index contributed by atoms with van der Waals surface area (Å²) in [7, 11) is 1.70. The third-order valence-corrected chi connectivity index (χ3v) is 3.17. The normalized spacial score (nSPS) is 21.3. The number of rotatable bonds is 2. The largest absolute Gasteiger partial charge is 0.496 e. The predicted molar refractivity (Wildman–Crippen MR) is 62.8 cm³/mol. The first-order valence-corrected chi connectivity index (χ1v) is 5.73. The number of methoxy groups -OCH3 is 1. The SMILES string of the molecule is COc1cc(Cl)ccc1C1CCCNC1. The molecule has 1 atom stereocenters. The van der Waals surface area contributed by atoms with Gasteiger partial charge < -0.3 is 10.1 Å². The number of piperidine rings is 1. The van der Waals surface area contributed by atoms with Crippen LogP contribution < -0.4 is 10.1 Å². The first-order chi connectivity index (χ1) is 7.31. The molecule has 1 unspecified atom stereocenters. The van der Waals surface area contributed by atoms with Crippen molar-refractivity contribution in [2.45, 2.75) is 18.8 Å². The summed E-state index contributed by atoms with van der Waals surface area (Å²) in [6.07, 6.45) is 2.46. The van der Waals surface area contributed by atoms with Crippen molar-refractivity contribution >= 4 is 11.6 Å². The van der Waals surface area contributed by atoms with E-state index >= 15 is 0 Å². The average Bonchev–Trinajstić information content (AvgIpc) is 2.30. The lowest BCUT2D eigenvalue weighted by Crippen LogP contribution is -2.28. The molecule has 3 heteroatoms. The summed E-state index contributed by atoms with van der Waals surface area (Å²) in [4.78, 5) is 0. The molecule has 1 aromatic carbocycles. The lowest BCUT2D eigenvalue weighted by atomic mass is 9.91. The zero-order valence-corrected chi connectivity index (χ0v) is 9.68. The van der Waals surface area contributed by atoms with Gasteiger partial charge in [-0.05, 0) is 37.1 Å². The van der Waals surface area contributed by atoms with Gasteiger partial charge in [-0.3, -0.25) is 0 Å². The molecule has 0 spiro atoms. The van der Waals surface area contributed by atoms with Gasteiger partial charge >= 0.3 is 0 Å². The molecule has 1 aliphatic rings. The van der Waals surface area contributed by atoms with Gasteiger partial charge in [0.2, 0.25) is 0 Å². The second-order valence-electron chi connectivity index (χ2n) is 3.93. The summed E-state index contributed by atoms with van der Waals surface area (Å²) in [5, 5.41) is 4.15. The Morgan fingerprint density at radius 1 is 1.47 bits per heavy atom.